The highest BCUT2D eigenvalue weighted by Crippen LogP contribution is 2.21. The summed E-state index contributed by atoms with van der Waals surface area (Å²) in [5.74, 6) is -0.430. The molecule has 1 aromatic rings. The van der Waals surface area contributed by atoms with Gasteiger partial charge in [0.05, 0.1) is 26.3 Å². The molecule has 1 unspecified atom stereocenters. The molecule has 0 saturated carbocycles. The predicted molar refractivity (Wildman–Crippen MR) is 89.4 cm³/mol. The molecule has 1 atom stereocenters. The minimum atomic E-state index is -0.433. The lowest BCUT2D eigenvalue weighted by Crippen LogP contribution is -3.14. The average molecular weight is 350 g/mol. The maximum absolute atomic E-state index is 13.0. The molecule has 136 valence electrons. The molecule has 3 rings (SSSR count). The summed E-state index contributed by atoms with van der Waals surface area (Å²) < 4.78 is 18.3. The van der Waals surface area contributed by atoms with Crippen LogP contribution in [0.5, 0.6) is 0 Å². The third-order valence-corrected chi connectivity index (χ3v) is 4.87. The molecule has 25 heavy (non-hydrogen) atoms. The number of likely N-dealkylation sites (tertiary alicyclic amines) is 1. The van der Waals surface area contributed by atoms with Crippen molar-refractivity contribution in [2.75, 3.05) is 39.4 Å². The van der Waals surface area contributed by atoms with Crippen LogP contribution in [-0.4, -0.2) is 62.1 Å². The Balaban J connectivity index is 1.51. The average Bonchev–Trinajstić information content (AvgIpc) is 2.98. The second kappa shape index (κ2) is 8.40. The highest BCUT2D eigenvalue weighted by atomic mass is 19.1. The van der Waals surface area contributed by atoms with Crippen LogP contribution in [0, 0.1) is 5.82 Å². The smallest absolute Gasteiger partial charge is 0.243 e. The van der Waals surface area contributed by atoms with E-state index in [2.05, 4.69) is 5.32 Å². The van der Waals surface area contributed by atoms with E-state index in [1.807, 2.05) is 0 Å². The van der Waals surface area contributed by atoms with E-state index in [1.54, 1.807) is 17.0 Å². The van der Waals surface area contributed by atoms with Crippen LogP contribution < -0.4 is 10.2 Å². The number of hydrogen-bond acceptors (Lipinski definition) is 3. The summed E-state index contributed by atoms with van der Waals surface area (Å²) in [5.41, 5.74) is 0.826. The van der Waals surface area contributed by atoms with Crippen LogP contribution in [-0.2, 0) is 20.9 Å². The van der Waals surface area contributed by atoms with Crippen molar-refractivity contribution < 1.29 is 23.6 Å². The van der Waals surface area contributed by atoms with Crippen LogP contribution >= 0.6 is 0 Å². The predicted octanol–water partition coefficient (Wildman–Crippen LogP) is -0.652. The summed E-state index contributed by atoms with van der Waals surface area (Å²) in [6.07, 6.45) is 0.921. The number of nitrogens with one attached hydrogen (secondary N) is 2. The van der Waals surface area contributed by atoms with Gasteiger partial charge in [-0.15, -0.1) is 0 Å². The number of carbonyl (C=O) groups is 2. The first kappa shape index (κ1) is 17.8. The van der Waals surface area contributed by atoms with Crippen LogP contribution in [0.25, 0.3) is 0 Å². The van der Waals surface area contributed by atoms with Crippen molar-refractivity contribution in [3.63, 3.8) is 0 Å². The Kier molecular flexibility index (Phi) is 5.99. The third-order valence-electron chi connectivity index (χ3n) is 4.87. The zero-order valence-corrected chi connectivity index (χ0v) is 14.3. The van der Waals surface area contributed by atoms with Crippen LogP contribution in [0.1, 0.15) is 18.4 Å². The van der Waals surface area contributed by atoms with E-state index in [9.17, 15) is 14.0 Å². The lowest BCUT2D eigenvalue weighted by molar-refractivity contribution is -0.906. The quantitative estimate of drug-likeness (QED) is 0.717. The van der Waals surface area contributed by atoms with Gasteiger partial charge in [-0.1, -0.05) is 12.1 Å². The van der Waals surface area contributed by atoms with Crippen molar-refractivity contribution in [2.24, 2.45) is 0 Å². The van der Waals surface area contributed by atoms with Gasteiger partial charge in [0.15, 0.2) is 0 Å². The lowest BCUT2D eigenvalue weighted by Gasteiger charge is -2.26. The number of rotatable bonds is 6. The van der Waals surface area contributed by atoms with Gasteiger partial charge in [0.2, 0.25) is 11.8 Å². The summed E-state index contributed by atoms with van der Waals surface area (Å²) in [5, 5.41) is 2.96. The van der Waals surface area contributed by atoms with Crippen molar-refractivity contribution in [1.29, 1.82) is 0 Å². The summed E-state index contributed by atoms with van der Waals surface area (Å²) in [6.45, 7) is 5.28. The Morgan fingerprint density at radius 3 is 2.72 bits per heavy atom. The van der Waals surface area contributed by atoms with E-state index >= 15 is 0 Å². The first-order valence-corrected chi connectivity index (χ1v) is 8.86. The van der Waals surface area contributed by atoms with E-state index in [-0.39, 0.29) is 17.6 Å². The summed E-state index contributed by atoms with van der Waals surface area (Å²) in [4.78, 5) is 27.7. The molecule has 1 aromatic carbocycles. The summed E-state index contributed by atoms with van der Waals surface area (Å²) in [7, 11) is 0. The Morgan fingerprint density at radius 1 is 1.28 bits per heavy atom. The lowest BCUT2D eigenvalue weighted by atomic mass is 10.1. The van der Waals surface area contributed by atoms with Gasteiger partial charge in [0.25, 0.3) is 0 Å². The summed E-state index contributed by atoms with van der Waals surface area (Å²) >= 11 is 0. The SMILES string of the molecule is O=C(NCC[NH+]1CCOCC1)C1CCC(=O)N1Cc1ccc(F)cc1. The van der Waals surface area contributed by atoms with E-state index in [0.29, 0.717) is 25.9 Å². The number of nitrogens with zero attached hydrogens (tertiary/aromatic N) is 1. The first-order valence-electron chi connectivity index (χ1n) is 8.86. The van der Waals surface area contributed by atoms with Gasteiger partial charge in [0, 0.05) is 13.0 Å². The Morgan fingerprint density at radius 2 is 2.00 bits per heavy atom. The Bertz CT molecular complexity index is 602. The third kappa shape index (κ3) is 4.76. The van der Waals surface area contributed by atoms with E-state index in [1.165, 1.54) is 17.0 Å². The van der Waals surface area contributed by atoms with Gasteiger partial charge in [-0.05, 0) is 24.1 Å². The topological polar surface area (TPSA) is 63.1 Å². The van der Waals surface area contributed by atoms with E-state index < -0.39 is 6.04 Å². The van der Waals surface area contributed by atoms with Gasteiger partial charge in [0.1, 0.15) is 24.9 Å². The van der Waals surface area contributed by atoms with Crippen molar-refractivity contribution in [3.8, 4) is 0 Å². The molecule has 2 amide bonds. The highest BCUT2D eigenvalue weighted by molar-refractivity contribution is 5.90. The van der Waals surface area contributed by atoms with Gasteiger partial charge in [-0.25, -0.2) is 4.39 Å². The first-order chi connectivity index (χ1) is 12.1. The second-order valence-electron chi connectivity index (χ2n) is 6.61. The number of hydrogen-bond donors (Lipinski definition) is 2. The molecule has 6 nitrogen and oxygen atoms in total. The zero-order valence-electron chi connectivity index (χ0n) is 14.3. The summed E-state index contributed by atoms with van der Waals surface area (Å²) in [6, 6.07) is 5.61. The van der Waals surface area contributed by atoms with Crippen LogP contribution in [0.15, 0.2) is 24.3 Å². The number of carbonyl (C=O) groups excluding carboxylic acids is 2. The maximum Gasteiger partial charge on any atom is 0.243 e. The molecule has 0 radical (unpaired) electrons. The molecule has 2 aliphatic rings. The van der Waals surface area contributed by atoms with Gasteiger partial charge in [-0.2, -0.15) is 0 Å². The minimum Gasteiger partial charge on any atom is -0.370 e. The van der Waals surface area contributed by atoms with Crippen LogP contribution in [0.4, 0.5) is 4.39 Å². The van der Waals surface area contributed by atoms with Gasteiger partial charge < -0.3 is 19.9 Å². The number of morpholine rings is 1. The molecular formula is C18H25FN3O3+. The molecule has 2 saturated heterocycles. The van der Waals surface area contributed by atoms with Crippen molar-refractivity contribution in [3.05, 3.63) is 35.6 Å². The molecule has 7 heteroatoms. The maximum atomic E-state index is 13.0. The highest BCUT2D eigenvalue weighted by Gasteiger charge is 2.35. The molecule has 0 spiro atoms. The molecule has 0 aromatic heterocycles. The van der Waals surface area contributed by atoms with Crippen molar-refractivity contribution >= 4 is 11.8 Å². The fourth-order valence-corrected chi connectivity index (χ4v) is 3.38. The molecule has 2 fully saturated rings. The normalized spacial score (nSPS) is 21.6. The number of benzene rings is 1. The largest absolute Gasteiger partial charge is 0.370 e. The monoisotopic (exact) mass is 350 g/mol. The fraction of sp³-hybridized carbons (Fsp3) is 0.556. The Labute approximate surface area is 146 Å². The molecular weight excluding hydrogens is 325 g/mol. The Hall–Kier alpha value is -1.99. The number of quaternary nitrogens is 1. The van der Waals surface area contributed by atoms with Crippen molar-refractivity contribution in [2.45, 2.75) is 25.4 Å². The van der Waals surface area contributed by atoms with E-state index in [0.717, 1.165) is 38.4 Å². The van der Waals surface area contributed by atoms with Gasteiger partial charge in [-0.3, -0.25) is 9.59 Å². The molecule has 0 bridgehead atoms. The molecule has 0 aliphatic carbocycles. The number of halogens is 1. The molecule has 2 heterocycles. The zero-order chi connectivity index (χ0) is 17.6. The van der Waals surface area contributed by atoms with Crippen LogP contribution in [0.3, 0.4) is 0 Å². The van der Waals surface area contributed by atoms with Gasteiger partial charge >= 0.3 is 0 Å². The van der Waals surface area contributed by atoms with E-state index in [4.69, 9.17) is 4.74 Å². The fourth-order valence-electron chi connectivity index (χ4n) is 3.38. The van der Waals surface area contributed by atoms with Crippen LogP contribution in [0.2, 0.25) is 0 Å². The molecule has 2 aliphatic heterocycles. The standard InChI is InChI=1S/C18H24FN3O3/c19-15-3-1-14(2-4-15)13-22-16(5-6-17(22)23)18(24)20-7-8-21-9-11-25-12-10-21/h1-4,16H,5-13H2,(H,20,24)/p+1. The number of amides is 2. The second-order valence-corrected chi connectivity index (χ2v) is 6.61. The number of ether oxygens (including phenoxy) is 1. The van der Waals surface area contributed by atoms with Crippen molar-refractivity contribution in [1.82, 2.24) is 10.2 Å². The molecule has 2 N–H and O–H groups in total. The minimum absolute atomic E-state index is 0.0247.